The number of cyclic esters (lactones) is 1. The summed E-state index contributed by atoms with van der Waals surface area (Å²) < 4.78 is 6.58. The Morgan fingerprint density at radius 2 is 1.94 bits per heavy atom. The monoisotopic (exact) mass is 452 g/mol. The van der Waals surface area contributed by atoms with E-state index in [0.29, 0.717) is 17.9 Å². The predicted molar refractivity (Wildman–Crippen MR) is 116 cm³/mol. The highest BCUT2D eigenvalue weighted by molar-refractivity contribution is 5.94. The standard InChI is InChI=1S/C22H28N8O3/c1-15-17(13-33-19(15)31)29-10-8-22(20(29)32)6-4-21(2,5-7-22)25-9-3-16-11-24-18(12-23-16)30-14-26-27-28-30/h11-12,14,25H,3-10,13H2,1-2H3. The van der Waals surface area contributed by atoms with E-state index in [1.54, 1.807) is 24.2 Å². The Balaban J connectivity index is 1.14. The van der Waals surface area contributed by atoms with Gasteiger partial charge in [0.05, 0.1) is 34.8 Å². The summed E-state index contributed by atoms with van der Waals surface area (Å²) in [7, 11) is 0. The lowest BCUT2D eigenvalue weighted by molar-refractivity contribution is -0.138. The Labute approximate surface area is 191 Å². The summed E-state index contributed by atoms with van der Waals surface area (Å²) in [6, 6.07) is 0. The van der Waals surface area contributed by atoms with Crippen LogP contribution in [0.5, 0.6) is 0 Å². The molecule has 0 atom stereocenters. The summed E-state index contributed by atoms with van der Waals surface area (Å²) in [5.41, 5.74) is 1.89. The summed E-state index contributed by atoms with van der Waals surface area (Å²) in [6.45, 7) is 5.65. The van der Waals surface area contributed by atoms with Crippen molar-refractivity contribution in [1.82, 2.24) is 40.4 Å². The minimum atomic E-state index is -0.311. The Hall–Kier alpha value is -3.21. The number of tetrazole rings is 1. The third kappa shape index (κ3) is 4.01. The van der Waals surface area contributed by atoms with Crippen LogP contribution < -0.4 is 5.32 Å². The molecule has 2 aromatic rings. The van der Waals surface area contributed by atoms with Gasteiger partial charge in [0.1, 0.15) is 12.9 Å². The lowest BCUT2D eigenvalue weighted by Gasteiger charge is -2.42. The Morgan fingerprint density at radius 3 is 2.58 bits per heavy atom. The largest absolute Gasteiger partial charge is 0.456 e. The van der Waals surface area contributed by atoms with Gasteiger partial charge in [-0.3, -0.25) is 9.78 Å². The van der Waals surface area contributed by atoms with Gasteiger partial charge in [-0.25, -0.2) is 9.78 Å². The van der Waals surface area contributed by atoms with Crippen LogP contribution in [0.3, 0.4) is 0 Å². The molecule has 33 heavy (non-hydrogen) atoms. The molecule has 11 heteroatoms. The van der Waals surface area contributed by atoms with E-state index in [2.05, 4.69) is 37.7 Å². The number of amides is 1. The summed E-state index contributed by atoms with van der Waals surface area (Å²) in [5.74, 6) is 0.431. The van der Waals surface area contributed by atoms with Crippen LogP contribution in [-0.2, 0) is 20.7 Å². The molecule has 3 aliphatic rings. The molecule has 4 heterocycles. The van der Waals surface area contributed by atoms with E-state index < -0.39 is 0 Å². The molecule has 1 saturated carbocycles. The number of rotatable bonds is 6. The van der Waals surface area contributed by atoms with E-state index >= 15 is 0 Å². The quantitative estimate of drug-likeness (QED) is 0.638. The van der Waals surface area contributed by atoms with Crippen LogP contribution in [0.2, 0.25) is 0 Å². The maximum Gasteiger partial charge on any atom is 0.336 e. The number of likely N-dealkylation sites (tertiary alicyclic amines) is 1. The van der Waals surface area contributed by atoms with Crippen LogP contribution in [-0.4, -0.2) is 72.2 Å². The number of carbonyl (C=O) groups is 2. The van der Waals surface area contributed by atoms with Crippen molar-refractivity contribution in [3.05, 3.63) is 35.7 Å². The lowest BCUT2D eigenvalue weighted by Crippen LogP contribution is -2.50. The lowest BCUT2D eigenvalue weighted by atomic mass is 9.67. The SMILES string of the molecule is CC1=C(N2CCC3(CCC(C)(NCCc4cnc(-n5cnnn5)cn4)CC3)C2=O)COC1=O. The van der Waals surface area contributed by atoms with Gasteiger partial charge in [0.15, 0.2) is 5.82 Å². The van der Waals surface area contributed by atoms with Crippen LogP contribution in [0.4, 0.5) is 0 Å². The maximum absolute atomic E-state index is 13.3. The fourth-order valence-electron chi connectivity index (χ4n) is 5.10. The first-order valence-electron chi connectivity index (χ1n) is 11.4. The van der Waals surface area contributed by atoms with E-state index in [1.807, 2.05) is 0 Å². The first-order valence-corrected chi connectivity index (χ1v) is 11.4. The van der Waals surface area contributed by atoms with Gasteiger partial charge in [0, 0.05) is 25.0 Å². The minimum Gasteiger partial charge on any atom is -0.456 e. The molecule has 5 rings (SSSR count). The van der Waals surface area contributed by atoms with Gasteiger partial charge in [0.2, 0.25) is 5.91 Å². The van der Waals surface area contributed by atoms with E-state index in [-0.39, 0.29) is 29.4 Å². The Bertz CT molecular complexity index is 1070. The second kappa shape index (κ2) is 8.29. The van der Waals surface area contributed by atoms with Gasteiger partial charge in [-0.1, -0.05) is 0 Å². The molecule has 1 aliphatic carbocycles. The van der Waals surface area contributed by atoms with Crippen molar-refractivity contribution in [1.29, 1.82) is 0 Å². The molecule has 174 valence electrons. The Kier molecular flexibility index (Phi) is 5.43. The number of hydrogen-bond acceptors (Lipinski definition) is 9. The van der Waals surface area contributed by atoms with E-state index in [1.165, 1.54) is 11.0 Å². The van der Waals surface area contributed by atoms with Crippen LogP contribution in [0.15, 0.2) is 30.0 Å². The molecule has 0 radical (unpaired) electrons. The molecular weight excluding hydrogens is 424 g/mol. The molecule has 1 amide bonds. The second-order valence-electron chi connectivity index (χ2n) is 9.49. The van der Waals surface area contributed by atoms with E-state index in [0.717, 1.165) is 56.5 Å². The number of nitrogens with zero attached hydrogens (tertiary/aromatic N) is 7. The van der Waals surface area contributed by atoms with Crippen molar-refractivity contribution in [3.8, 4) is 5.82 Å². The zero-order valence-corrected chi connectivity index (χ0v) is 19.0. The molecule has 2 aromatic heterocycles. The number of esters is 1. The van der Waals surface area contributed by atoms with Crippen molar-refractivity contribution >= 4 is 11.9 Å². The number of ether oxygens (including phenoxy) is 1. The van der Waals surface area contributed by atoms with Crippen LogP contribution in [0.1, 0.15) is 51.6 Å². The third-order valence-corrected chi connectivity index (χ3v) is 7.44. The normalized spacial score (nSPS) is 27.6. The molecule has 1 spiro atoms. The summed E-state index contributed by atoms with van der Waals surface area (Å²) in [6.07, 6.45) is 10.1. The van der Waals surface area contributed by atoms with E-state index in [9.17, 15) is 9.59 Å². The van der Waals surface area contributed by atoms with Gasteiger partial charge >= 0.3 is 5.97 Å². The first-order chi connectivity index (χ1) is 15.9. The number of hydrogen-bond donors (Lipinski definition) is 1. The molecule has 2 fully saturated rings. The highest BCUT2D eigenvalue weighted by Gasteiger charge is 2.51. The fraction of sp³-hybridized carbons (Fsp3) is 0.591. The fourth-order valence-corrected chi connectivity index (χ4v) is 5.10. The van der Waals surface area contributed by atoms with Crippen LogP contribution in [0, 0.1) is 5.41 Å². The Morgan fingerprint density at radius 1 is 1.12 bits per heavy atom. The van der Waals surface area contributed by atoms with Crippen molar-refractivity contribution in [3.63, 3.8) is 0 Å². The molecule has 1 saturated heterocycles. The van der Waals surface area contributed by atoms with Gasteiger partial charge in [-0.2, -0.15) is 4.68 Å². The maximum atomic E-state index is 13.3. The summed E-state index contributed by atoms with van der Waals surface area (Å²) >= 11 is 0. The van der Waals surface area contributed by atoms with Crippen LogP contribution in [0.25, 0.3) is 5.82 Å². The number of carbonyl (C=O) groups excluding carboxylic acids is 2. The zero-order chi connectivity index (χ0) is 23.1. The number of nitrogens with one attached hydrogen (secondary N) is 1. The third-order valence-electron chi connectivity index (χ3n) is 7.44. The number of aromatic nitrogens is 6. The molecule has 1 N–H and O–H groups in total. The molecular formula is C22H28N8O3. The molecule has 0 bridgehead atoms. The average molecular weight is 453 g/mol. The average Bonchev–Trinajstić information content (AvgIpc) is 3.54. The van der Waals surface area contributed by atoms with Crippen molar-refractivity contribution in [2.45, 2.75) is 57.9 Å². The molecule has 11 nitrogen and oxygen atoms in total. The van der Waals surface area contributed by atoms with Crippen LogP contribution >= 0.6 is 0 Å². The highest BCUT2D eigenvalue weighted by Crippen LogP contribution is 2.48. The van der Waals surface area contributed by atoms with Gasteiger partial charge in [0.25, 0.3) is 0 Å². The van der Waals surface area contributed by atoms with Gasteiger partial charge in [-0.15, -0.1) is 5.10 Å². The van der Waals surface area contributed by atoms with Gasteiger partial charge < -0.3 is 15.0 Å². The molecule has 2 aliphatic heterocycles. The van der Waals surface area contributed by atoms with Crippen molar-refractivity contribution in [2.75, 3.05) is 19.7 Å². The summed E-state index contributed by atoms with van der Waals surface area (Å²) in [5, 5.41) is 14.7. The molecule has 0 aromatic carbocycles. The highest BCUT2D eigenvalue weighted by atomic mass is 16.5. The minimum absolute atomic E-state index is 0.0136. The smallest absolute Gasteiger partial charge is 0.336 e. The second-order valence-corrected chi connectivity index (χ2v) is 9.49. The van der Waals surface area contributed by atoms with Crippen molar-refractivity contribution in [2.24, 2.45) is 5.41 Å². The zero-order valence-electron chi connectivity index (χ0n) is 19.0. The first kappa shape index (κ1) is 21.6. The van der Waals surface area contributed by atoms with E-state index in [4.69, 9.17) is 4.74 Å². The predicted octanol–water partition coefficient (Wildman–Crippen LogP) is 0.967. The summed E-state index contributed by atoms with van der Waals surface area (Å²) in [4.78, 5) is 35.7. The van der Waals surface area contributed by atoms with Crippen molar-refractivity contribution < 1.29 is 14.3 Å². The molecule has 0 unspecified atom stereocenters. The van der Waals surface area contributed by atoms with Gasteiger partial charge in [-0.05, 0) is 56.4 Å². The topological polar surface area (TPSA) is 128 Å².